The van der Waals surface area contributed by atoms with Crippen molar-refractivity contribution in [2.75, 3.05) is 7.11 Å². The highest BCUT2D eigenvalue weighted by molar-refractivity contribution is 5.99. The number of carbonyl (C=O) groups is 2. The number of Topliss-reactive ketones (excluding diaryl/α,β-unsaturated/α-hetero) is 1. The van der Waals surface area contributed by atoms with Crippen LogP contribution in [0.15, 0.2) is 11.6 Å². The Morgan fingerprint density at radius 1 is 1.25 bits per heavy atom. The average molecular weight is 332 g/mol. The van der Waals surface area contributed by atoms with Crippen LogP contribution in [-0.4, -0.2) is 18.9 Å². The average Bonchev–Trinajstić information content (AvgIpc) is 2.54. The molecule has 134 valence electrons. The molecule has 0 unspecified atom stereocenters. The van der Waals surface area contributed by atoms with Crippen molar-refractivity contribution in [3.05, 3.63) is 11.6 Å². The van der Waals surface area contributed by atoms with Gasteiger partial charge in [0.25, 0.3) is 0 Å². The van der Waals surface area contributed by atoms with E-state index >= 15 is 0 Å². The monoisotopic (exact) mass is 332 g/mol. The smallest absolute Gasteiger partial charge is 0.311 e. The van der Waals surface area contributed by atoms with Gasteiger partial charge in [0.2, 0.25) is 0 Å². The second-order valence-corrected chi connectivity index (χ2v) is 9.06. The van der Waals surface area contributed by atoms with Crippen molar-refractivity contribution in [2.45, 2.75) is 66.2 Å². The zero-order valence-corrected chi connectivity index (χ0v) is 15.9. The van der Waals surface area contributed by atoms with Crippen LogP contribution in [0, 0.1) is 34.5 Å². The first-order valence-corrected chi connectivity index (χ1v) is 9.58. The number of rotatable bonds is 2. The normalized spacial score (nSPS) is 42.2. The molecular formula is C21H32O3. The molecule has 5 atom stereocenters. The Bertz CT molecular complexity index is 576. The molecule has 0 radical (unpaired) electrons. The van der Waals surface area contributed by atoms with Gasteiger partial charge in [0.1, 0.15) is 0 Å². The highest BCUT2D eigenvalue weighted by atomic mass is 16.5. The zero-order chi connectivity index (χ0) is 17.7. The maximum Gasteiger partial charge on any atom is 0.311 e. The van der Waals surface area contributed by atoms with Gasteiger partial charge in [-0.1, -0.05) is 33.3 Å². The number of ether oxygens (including phenoxy) is 1. The molecule has 0 spiro atoms. The van der Waals surface area contributed by atoms with E-state index in [0.29, 0.717) is 17.6 Å². The van der Waals surface area contributed by atoms with Crippen LogP contribution >= 0.6 is 0 Å². The lowest BCUT2D eigenvalue weighted by molar-refractivity contribution is -0.166. The largest absolute Gasteiger partial charge is 0.469 e. The molecule has 0 aliphatic heterocycles. The predicted molar refractivity (Wildman–Crippen MR) is 94.3 cm³/mol. The summed E-state index contributed by atoms with van der Waals surface area (Å²) >= 11 is 0. The minimum Gasteiger partial charge on any atom is -0.469 e. The molecule has 3 aliphatic rings. The highest BCUT2D eigenvalue weighted by Crippen LogP contribution is 2.62. The standard InChI is InChI=1S/C21H32O3/c1-13(2)14-7-9-16-15(18(14)22)8-10-17-20(16,3)11-6-12-21(17,4)19(23)24-5/h8,13-14,16-17H,6-7,9-12H2,1-5H3/t14-,16+,17-,20-,21-/m1/s1. The number of allylic oxidation sites excluding steroid dienone is 2. The minimum atomic E-state index is -0.415. The molecular weight excluding hydrogens is 300 g/mol. The molecule has 0 aromatic heterocycles. The van der Waals surface area contributed by atoms with Gasteiger partial charge in [0.15, 0.2) is 5.78 Å². The van der Waals surface area contributed by atoms with E-state index in [4.69, 9.17) is 4.74 Å². The minimum absolute atomic E-state index is 0.0445. The lowest BCUT2D eigenvalue weighted by Crippen LogP contribution is -2.54. The van der Waals surface area contributed by atoms with Gasteiger partial charge in [0.05, 0.1) is 12.5 Å². The molecule has 3 nitrogen and oxygen atoms in total. The van der Waals surface area contributed by atoms with E-state index in [-0.39, 0.29) is 23.2 Å². The Kier molecular flexibility index (Phi) is 4.42. The first-order chi connectivity index (χ1) is 11.3. The van der Waals surface area contributed by atoms with E-state index in [0.717, 1.165) is 44.1 Å². The molecule has 0 heterocycles. The first-order valence-electron chi connectivity index (χ1n) is 9.58. The second kappa shape index (κ2) is 6.00. The van der Waals surface area contributed by atoms with Crippen LogP contribution in [0.2, 0.25) is 0 Å². The fourth-order valence-corrected chi connectivity index (χ4v) is 6.16. The number of fused-ring (bicyclic) bond motifs is 3. The van der Waals surface area contributed by atoms with Gasteiger partial charge in [0, 0.05) is 5.92 Å². The molecule has 2 fully saturated rings. The van der Waals surface area contributed by atoms with Gasteiger partial charge in [-0.2, -0.15) is 0 Å². The SMILES string of the molecule is COC(=O)[C@]1(C)CCC[C@@]2(C)[C@H]1CC=C1C(=O)[C@@H](C(C)C)CC[C@@H]12. The third kappa shape index (κ3) is 2.38. The van der Waals surface area contributed by atoms with Crippen molar-refractivity contribution >= 4 is 11.8 Å². The van der Waals surface area contributed by atoms with Gasteiger partial charge >= 0.3 is 5.97 Å². The van der Waals surface area contributed by atoms with Gasteiger partial charge < -0.3 is 4.74 Å². The fraction of sp³-hybridized carbons (Fsp3) is 0.810. The molecule has 0 N–H and O–H groups in total. The molecule has 24 heavy (non-hydrogen) atoms. The van der Waals surface area contributed by atoms with Crippen molar-refractivity contribution in [1.29, 1.82) is 0 Å². The van der Waals surface area contributed by atoms with Crippen molar-refractivity contribution in [2.24, 2.45) is 34.5 Å². The van der Waals surface area contributed by atoms with Crippen molar-refractivity contribution in [1.82, 2.24) is 0 Å². The molecule has 0 aromatic carbocycles. The number of ketones is 1. The molecule has 0 bridgehead atoms. The third-order valence-electron chi connectivity index (χ3n) is 7.57. The number of hydrogen-bond acceptors (Lipinski definition) is 3. The Hall–Kier alpha value is -1.12. The Labute approximate surface area is 146 Å². The van der Waals surface area contributed by atoms with Crippen LogP contribution in [0.1, 0.15) is 66.2 Å². The van der Waals surface area contributed by atoms with Gasteiger partial charge in [-0.3, -0.25) is 9.59 Å². The zero-order valence-electron chi connectivity index (χ0n) is 15.9. The van der Waals surface area contributed by atoms with Crippen LogP contribution in [0.4, 0.5) is 0 Å². The highest BCUT2D eigenvalue weighted by Gasteiger charge is 2.59. The molecule has 3 heteroatoms. The topological polar surface area (TPSA) is 43.4 Å². The summed E-state index contributed by atoms with van der Waals surface area (Å²) in [6.45, 7) is 8.73. The van der Waals surface area contributed by atoms with Crippen molar-refractivity contribution in [3.8, 4) is 0 Å². The molecule has 2 saturated carbocycles. The molecule has 0 saturated heterocycles. The Morgan fingerprint density at radius 3 is 2.58 bits per heavy atom. The molecule has 0 aromatic rings. The van der Waals surface area contributed by atoms with Crippen LogP contribution in [0.3, 0.4) is 0 Å². The van der Waals surface area contributed by atoms with Crippen molar-refractivity contribution < 1.29 is 14.3 Å². The van der Waals surface area contributed by atoms with E-state index in [1.165, 1.54) is 7.11 Å². The molecule has 0 amide bonds. The van der Waals surface area contributed by atoms with Crippen LogP contribution in [-0.2, 0) is 14.3 Å². The third-order valence-corrected chi connectivity index (χ3v) is 7.57. The van der Waals surface area contributed by atoms with E-state index in [1.807, 2.05) is 0 Å². The molecule has 3 rings (SSSR count). The van der Waals surface area contributed by atoms with E-state index in [9.17, 15) is 9.59 Å². The van der Waals surface area contributed by atoms with Gasteiger partial charge in [-0.05, 0) is 67.8 Å². The van der Waals surface area contributed by atoms with Gasteiger partial charge in [-0.25, -0.2) is 0 Å². The lowest BCUT2D eigenvalue weighted by atomic mass is 9.46. The number of esters is 1. The lowest BCUT2D eigenvalue weighted by Gasteiger charge is -2.57. The first kappa shape index (κ1) is 17.7. The summed E-state index contributed by atoms with van der Waals surface area (Å²) in [5, 5.41) is 0. The summed E-state index contributed by atoms with van der Waals surface area (Å²) in [5.74, 6) is 1.51. The summed E-state index contributed by atoms with van der Waals surface area (Å²) in [6.07, 6.45) is 8.17. The number of hydrogen-bond donors (Lipinski definition) is 0. The molecule has 3 aliphatic carbocycles. The van der Waals surface area contributed by atoms with E-state index in [2.05, 4.69) is 33.8 Å². The number of methoxy groups -OCH3 is 1. The predicted octanol–water partition coefficient (Wildman–Crippen LogP) is 4.55. The maximum absolute atomic E-state index is 13.0. The van der Waals surface area contributed by atoms with E-state index in [1.54, 1.807) is 0 Å². The van der Waals surface area contributed by atoms with Crippen molar-refractivity contribution in [3.63, 3.8) is 0 Å². The van der Waals surface area contributed by atoms with Crippen LogP contribution in [0.5, 0.6) is 0 Å². The Morgan fingerprint density at radius 2 is 1.96 bits per heavy atom. The van der Waals surface area contributed by atoms with E-state index < -0.39 is 5.41 Å². The fourth-order valence-electron chi connectivity index (χ4n) is 6.16. The van der Waals surface area contributed by atoms with Crippen LogP contribution in [0.25, 0.3) is 0 Å². The Balaban J connectivity index is 1.98. The summed E-state index contributed by atoms with van der Waals surface area (Å²) in [7, 11) is 1.50. The maximum atomic E-state index is 13.0. The number of carbonyl (C=O) groups excluding carboxylic acids is 2. The second-order valence-electron chi connectivity index (χ2n) is 9.06. The summed E-state index contributed by atoms with van der Waals surface area (Å²) < 4.78 is 5.17. The van der Waals surface area contributed by atoms with Crippen LogP contribution < -0.4 is 0 Å². The van der Waals surface area contributed by atoms with Gasteiger partial charge in [-0.15, -0.1) is 0 Å². The summed E-state index contributed by atoms with van der Waals surface area (Å²) in [6, 6.07) is 0. The summed E-state index contributed by atoms with van der Waals surface area (Å²) in [4.78, 5) is 25.6. The summed E-state index contributed by atoms with van der Waals surface area (Å²) in [5.41, 5.74) is 0.706. The quantitative estimate of drug-likeness (QED) is 0.697.